The lowest BCUT2D eigenvalue weighted by Gasteiger charge is -2.46. The normalized spacial score (nSPS) is 42.5. The Morgan fingerprint density at radius 3 is 2.36 bits per heavy atom. The average molecular weight is 482 g/mol. The van der Waals surface area contributed by atoms with Gasteiger partial charge in [0.1, 0.15) is 36.6 Å². The number of aliphatic hydroxyl groups is 4. The van der Waals surface area contributed by atoms with Gasteiger partial charge >= 0.3 is 6.16 Å². The molecule has 12 atom stereocenters. The molecule has 0 bridgehead atoms. The lowest BCUT2D eigenvalue weighted by Crippen LogP contribution is -2.64. The minimum Gasteiger partial charge on any atom is -0.424 e. The lowest BCUT2D eigenvalue weighted by atomic mass is 9.96. The predicted octanol–water partition coefficient (Wildman–Crippen LogP) is -1.62. The van der Waals surface area contributed by atoms with Crippen LogP contribution in [0.3, 0.4) is 0 Å². The molecule has 3 saturated heterocycles. The smallest absolute Gasteiger partial charge is 0.424 e. The quantitative estimate of drug-likeness (QED) is 0.0824. The Hall–Kier alpha value is -1.85. The summed E-state index contributed by atoms with van der Waals surface area (Å²) in [5.41, 5.74) is 10.6. The van der Waals surface area contributed by atoms with Crippen LogP contribution >= 0.6 is 0 Å². The van der Waals surface area contributed by atoms with E-state index in [1.165, 1.54) is 19.4 Å². The van der Waals surface area contributed by atoms with E-state index in [9.17, 15) is 29.7 Å². The molecular weight excluding hydrogens is 455 g/mol. The number of hydrogen-bond acceptors (Lipinski definition) is 13. The first kappa shape index (κ1) is 25.8. The molecule has 33 heavy (non-hydrogen) atoms. The van der Waals surface area contributed by atoms with Crippen LogP contribution in [0.15, 0.2) is 5.11 Å². The van der Waals surface area contributed by atoms with Gasteiger partial charge in [-0.2, -0.15) is 5.54 Å². The van der Waals surface area contributed by atoms with Crippen molar-refractivity contribution in [2.75, 3.05) is 13.2 Å². The molecule has 3 heterocycles. The third kappa shape index (κ3) is 5.30. The summed E-state index contributed by atoms with van der Waals surface area (Å²) in [6.07, 6.45) is -14.2. The number of hydrogen-bond donors (Lipinski definition) is 5. The van der Waals surface area contributed by atoms with Crippen molar-refractivity contribution in [3.8, 4) is 0 Å². The number of nitrogens with one attached hydrogen (secondary N) is 1. The second-order valence-corrected chi connectivity index (χ2v) is 7.88. The number of ether oxygens (including phenoxy) is 6. The van der Waals surface area contributed by atoms with Crippen LogP contribution in [-0.2, 0) is 28.4 Å². The number of rotatable bonds is 9. The van der Waals surface area contributed by atoms with Crippen molar-refractivity contribution in [2.24, 2.45) is 5.11 Å². The monoisotopic (exact) mass is 482 g/mol. The number of nitrogens with zero attached hydrogens (tertiary/aromatic N) is 3. The molecule has 0 saturated carbocycles. The van der Waals surface area contributed by atoms with Crippen LogP contribution in [0.1, 0.15) is 13.8 Å². The molecule has 6 unspecified atom stereocenters. The SMILES string of the molecule is C[C@@H](NF)[C@@H](C)O[C@@H]1OC(CO)C(O)[C@H](O[C@@H]2OC(CO)C3OC(=O)O[C@@H]3C2O)C1N=[N+]=[N-]. The number of carbonyl (C=O) groups excluding carboxylic acids is 1. The van der Waals surface area contributed by atoms with Crippen LogP contribution < -0.4 is 5.54 Å². The minimum absolute atomic E-state index is 0.614. The van der Waals surface area contributed by atoms with Gasteiger partial charge in [0.2, 0.25) is 0 Å². The summed E-state index contributed by atoms with van der Waals surface area (Å²) in [6, 6.07) is -2.16. The number of fused-ring (bicyclic) bond motifs is 1. The van der Waals surface area contributed by atoms with Crippen molar-refractivity contribution < 1.29 is 58.1 Å². The summed E-state index contributed by atoms with van der Waals surface area (Å²) in [4.78, 5) is 14.2. The summed E-state index contributed by atoms with van der Waals surface area (Å²) in [6.45, 7) is 1.69. The van der Waals surface area contributed by atoms with Gasteiger partial charge in [-0.05, 0) is 19.4 Å². The predicted molar refractivity (Wildman–Crippen MR) is 101 cm³/mol. The third-order valence-electron chi connectivity index (χ3n) is 5.78. The molecule has 0 radical (unpaired) electrons. The number of azide groups is 1. The van der Waals surface area contributed by atoms with E-state index in [1.807, 2.05) is 0 Å². The van der Waals surface area contributed by atoms with Crippen LogP contribution in [0.5, 0.6) is 0 Å². The van der Waals surface area contributed by atoms with E-state index in [0.29, 0.717) is 0 Å². The zero-order valence-electron chi connectivity index (χ0n) is 17.7. The Bertz CT molecular complexity index is 731. The van der Waals surface area contributed by atoms with Crippen molar-refractivity contribution in [1.82, 2.24) is 5.54 Å². The second-order valence-electron chi connectivity index (χ2n) is 7.88. The number of aliphatic hydroxyl groups excluding tert-OH is 4. The van der Waals surface area contributed by atoms with Crippen molar-refractivity contribution in [1.29, 1.82) is 0 Å². The Balaban J connectivity index is 1.84. The molecule has 3 aliphatic heterocycles. The Kier molecular flexibility index (Phi) is 8.63. The van der Waals surface area contributed by atoms with Gasteiger partial charge in [0.15, 0.2) is 24.8 Å². The molecule has 0 aromatic rings. The van der Waals surface area contributed by atoms with Crippen molar-refractivity contribution >= 4 is 6.16 Å². The first-order valence-corrected chi connectivity index (χ1v) is 10.2. The van der Waals surface area contributed by atoms with Crippen molar-refractivity contribution in [2.45, 2.75) is 87.3 Å². The minimum atomic E-state index is -1.60. The molecule has 3 aliphatic rings. The fourth-order valence-electron chi connectivity index (χ4n) is 3.76. The van der Waals surface area contributed by atoms with Gasteiger partial charge in [-0.1, -0.05) is 5.11 Å². The molecule has 5 N–H and O–H groups in total. The highest BCUT2D eigenvalue weighted by Gasteiger charge is 2.56. The van der Waals surface area contributed by atoms with Gasteiger partial charge < -0.3 is 48.8 Å². The van der Waals surface area contributed by atoms with E-state index < -0.39 is 92.9 Å². The van der Waals surface area contributed by atoms with Gasteiger partial charge in [0, 0.05) is 4.91 Å². The highest BCUT2D eigenvalue weighted by molar-refractivity contribution is 5.63. The zero-order valence-corrected chi connectivity index (χ0v) is 17.7. The molecular formula is C17H27FN4O11. The van der Waals surface area contributed by atoms with Gasteiger partial charge in [-0.3, -0.25) is 0 Å². The van der Waals surface area contributed by atoms with Gasteiger partial charge in [0.25, 0.3) is 0 Å². The molecule has 0 amide bonds. The Labute approximate surface area is 186 Å². The highest BCUT2D eigenvalue weighted by Crippen LogP contribution is 2.35. The van der Waals surface area contributed by atoms with Crippen LogP contribution in [-0.4, -0.2) is 113 Å². The fourth-order valence-corrected chi connectivity index (χ4v) is 3.76. The standard InChI is InChI=1S/C17H27FN4O11/c1-5(20-18)6(2)28-15-9(21-22-19)13(10(25)7(3-23)29-15)31-16-11(26)14-12(8(4-24)30-16)32-17(27)33-14/h5-16,20,23-26H,3-4H2,1-2H3/t5-,6-,7?,8?,9?,10?,11?,12?,13-,14-,15-,16+/m1/s1. The Morgan fingerprint density at radius 1 is 1.12 bits per heavy atom. The van der Waals surface area contributed by atoms with Crippen molar-refractivity contribution in [3.63, 3.8) is 0 Å². The summed E-state index contributed by atoms with van der Waals surface area (Å²) in [7, 11) is 0. The van der Waals surface area contributed by atoms with E-state index in [1.54, 1.807) is 0 Å². The zero-order chi connectivity index (χ0) is 24.3. The molecule has 188 valence electrons. The van der Waals surface area contributed by atoms with E-state index in [4.69, 9.17) is 34.0 Å². The van der Waals surface area contributed by atoms with Crippen molar-refractivity contribution in [3.05, 3.63) is 10.4 Å². The molecule has 0 aromatic heterocycles. The molecule has 16 heteroatoms. The largest absolute Gasteiger partial charge is 0.509 e. The van der Waals surface area contributed by atoms with Crippen LogP contribution in [0.25, 0.3) is 10.4 Å². The molecule has 0 spiro atoms. The van der Waals surface area contributed by atoms with Gasteiger partial charge in [-0.25, -0.2) is 4.79 Å². The first-order valence-electron chi connectivity index (χ1n) is 10.2. The highest BCUT2D eigenvalue weighted by atomic mass is 19.2. The third-order valence-corrected chi connectivity index (χ3v) is 5.78. The fraction of sp³-hybridized carbons (Fsp3) is 0.941. The summed E-state index contributed by atoms with van der Waals surface area (Å²) < 4.78 is 45.0. The molecule has 0 aromatic carbocycles. The van der Waals surface area contributed by atoms with E-state index >= 15 is 0 Å². The maximum Gasteiger partial charge on any atom is 0.509 e. The molecule has 15 nitrogen and oxygen atoms in total. The average Bonchev–Trinajstić information content (AvgIpc) is 3.20. The van der Waals surface area contributed by atoms with Gasteiger partial charge in [0.05, 0.1) is 25.4 Å². The first-order chi connectivity index (χ1) is 15.7. The van der Waals surface area contributed by atoms with E-state index in [0.717, 1.165) is 0 Å². The maximum absolute atomic E-state index is 12.8. The summed E-state index contributed by atoms with van der Waals surface area (Å²) in [5.74, 6) is 0. The second kappa shape index (κ2) is 11.1. The number of carbonyl (C=O) groups is 1. The Morgan fingerprint density at radius 2 is 1.76 bits per heavy atom. The van der Waals surface area contributed by atoms with Crippen LogP contribution in [0.4, 0.5) is 9.28 Å². The maximum atomic E-state index is 12.8. The van der Waals surface area contributed by atoms with Crippen LogP contribution in [0.2, 0.25) is 0 Å². The molecule has 0 aliphatic carbocycles. The number of halogens is 1. The lowest BCUT2D eigenvalue weighted by molar-refractivity contribution is -0.337. The van der Waals surface area contributed by atoms with E-state index in [-0.39, 0.29) is 0 Å². The summed E-state index contributed by atoms with van der Waals surface area (Å²) in [5, 5.41) is 44.1. The topological polar surface area (TPSA) is 214 Å². The molecule has 3 fully saturated rings. The van der Waals surface area contributed by atoms with E-state index in [2.05, 4.69) is 10.0 Å². The van der Waals surface area contributed by atoms with Gasteiger partial charge in [-0.15, -0.1) is 4.48 Å². The summed E-state index contributed by atoms with van der Waals surface area (Å²) >= 11 is 0. The van der Waals surface area contributed by atoms with Crippen LogP contribution in [0, 0.1) is 0 Å². The molecule has 3 rings (SSSR count).